The quantitative estimate of drug-likeness (QED) is 0.375. The molecule has 0 bridgehead atoms. The number of halogens is 3. The minimum Gasteiger partial charge on any atom is -0.354 e. The van der Waals surface area contributed by atoms with E-state index in [0.29, 0.717) is 11.8 Å². The largest absolute Gasteiger partial charge is 0.354 e. The van der Waals surface area contributed by atoms with Gasteiger partial charge >= 0.3 is 0 Å². The van der Waals surface area contributed by atoms with Gasteiger partial charge in [-0.1, -0.05) is 35.9 Å². The highest BCUT2D eigenvalue weighted by molar-refractivity contribution is 6.34. The number of carbonyl (C=O) groups is 2. The molecule has 2 N–H and O–H groups in total. The molecule has 0 spiro atoms. The summed E-state index contributed by atoms with van der Waals surface area (Å²) in [6, 6.07) is 15.1. The number of pyridine rings is 1. The van der Waals surface area contributed by atoms with Crippen molar-refractivity contribution in [2.45, 2.75) is 0 Å². The average Bonchev–Trinajstić information content (AvgIpc) is 3.28. The maximum absolute atomic E-state index is 14.4. The van der Waals surface area contributed by atoms with E-state index in [0.717, 1.165) is 0 Å². The first-order chi connectivity index (χ1) is 16.8. The second kappa shape index (κ2) is 9.82. The van der Waals surface area contributed by atoms with E-state index in [4.69, 9.17) is 11.6 Å². The standard InChI is InChI=1S/C24H17ClF2N6O2/c1-28-22-18(27)11-17(26)21(31-22)13-8-9-16(25)15(10-13)23(34)30-20-12-19(24(35)29-2)32-33(20)14-6-4-3-5-7-14/h3-12H,1H2,2H3,(H,29,35)(H,30,34). The molecule has 2 amide bonds. The second-order valence-electron chi connectivity index (χ2n) is 7.17. The highest BCUT2D eigenvalue weighted by Gasteiger charge is 2.20. The molecule has 0 saturated heterocycles. The summed E-state index contributed by atoms with van der Waals surface area (Å²) in [5.41, 5.74) is 0.610. The van der Waals surface area contributed by atoms with Crippen LogP contribution >= 0.6 is 11.6 Å². The molecule has 0 unspecified atom stereocenters. The number of rotatable bonds is 6. The minimum absolute atomic E-state index is 0.00916. The first-order valence-corrected chi connectivity index (χ1v) is 10.5. The lowest BCUT2D eigenvalue weighted by Crippen LogP contribution is -2.18. The Morgan fingerprint density at radius 3 is 2.46 bits per heavy atom. The van der Waals surface area contributed by atoms with E-state index in [2.05, 4.69) is 32.4 Å². The highest BCUT2D eigenvalue weighted by Crippen LogP contribution is 2.29. The molecular weight excluding hydrogens is 478 g/mol. The van der Waals surface area contributed by atoms with Crippen LogP contribution < -0.4 is 10.6 Å². The number of amides is 2. The molecule has 4 aromatic rings. The van der Waals surface area contributed by atoms with Crippen molar-refractivity contribution < 1.29 is 18.4 Å². The summed E-state index contributed by atoms with van der Waals surface area (Å²) in [4.78, 5) is 32.6. The molecule has 0 fully saturated rings. The van der Waals surface area contributed by atoms with Crippen LogP contribution in [0.2, 0.25) is 5.02 Å². The van der Waals surface area contributed by atoms with Crippen molar-refractivity contribution in [1.29, 1.82) is 0 Å². The molecule has 0 aliphatic heterocycles. The number of nitrogens with zero attached hydrogens (tertiary/aromatic N) is 4. The maximum atomic E-state index is 14.4. The van der Waals surface area contributed by atoms with E-state index in [9.17, 15) is 18.4 Å². The fourth-order valence-electron chi connectivity index (χ4n) is 3.28. The van der Waals surface area contributed by atoms with Crippen LogP contribution in [-0.4, -0.2) is 40.3 Å². The fourth-order valence-corrected chi connectivity index (χ4v) is 3.48. The normalized spacial score (nSPS) is 10.6. The molecule has 2 aromatic carbocycles. The number of aliphatic imine (C=N–C) groups is 1. The summed E-state index contributed by atoms with van der Waals surface area (Å²) in [5, 5.41) is 9.51. The zero-order valence-corrected chi connectivity index (χ0v) is 19.0. The summed E-state index contributed by atoms with van der Waals surface area (Å²) in [6.45, 7) is 3.22. The van der Waals surface area contributed by atoms with Crippen LogP contribution in [0.5, 0.6) is 0 Å². The van der Waals surface area contributed by atoms with E-state index < -0.39 is 23.4 Å². The molecule has 0 aliphatic rings. The van der Waals surface area contributed by atoms with Gasteiger partial charge in [-0.3, -0.25) is 9.59 Å². The molecule has 0 saturated carbocycles. The summed E-state index contributed by atoms with van der Waals surface area (Å²) in [7, 11) is 1.46. The molecule has 176 valence electrons. The van der Waals surface area contributed by atoms with Crippen LogP contribution in [0.4, 0.5) is 20.4 Å². The van der Waals surface area contributed by atoms with Gasteiger partial charge in [0.2, 0.25) is 0 Å². The van der Waals surface area contributed by atoms with Gasteiger partial charge < -0.3 is 10.6 Å². The van der Waals surface area contributed by atoms with Crippen molar-refractivity contribution in [3.63, 3.8) is 0 Å². The first kappa shape index (κ1) is 23.7. The molecular formula is C24H17ClF2N6O2. The van der Waals surface area contributed by atoms with E-state index in [1.165, 1.54) is 36.0 Å². The Labute approximate surface area is 203 Å². The maximum Gasteiger partial charge on any atom is 0.271 e. The number of aromatic nitrogens is 3. The Bertz CT molecular complexity index is 1460. The van der Waals surface area contributed by atoms with Crippen LogP contribution in [0.3, 0.4) is 0 Å². The predicted molar refractivity (Wildman–Crippen MR) is 129 cm³/mol. The van der Waals surface area contributed by atoms with Gasteiger partial charge in [-0.2, -0.15) is 5.10 Å². The summed E-state index contributed by atoms with van der Waals surface area (Å²) in [6.07, 6.45) is 0. The van der Waals surface area contributed by atoms with Crippen LogP contribution in [0.1, 0.15) is 20.8 Å². The Hall–Kier alpha value is -4.44. The van der Waals surface area contributed by atoms with E-state index in [-0.39, 0.29) is 39.2 Å². The zero-order valence-electron chi connectivity index (χ0n) is 18.2. The van der Waals surface area contributed by atoms with Gasteiger partial charge in [-0.15, -0.1) is 0 Å². The van der Waals surface area contributed by atoms with Gasteiger partial charge in [-0.25, -0.2) is 23.4 Å². The SMILES string of the molecule is C=Nc1nc(-c2ccc(Cl)c(C(=O)Nc3cc(C(=O)NC)nn3-c3ccccc3)c2)c(F)cc1F. The summed E-state index contributed by atoms with van der Waals surface area (Å²) < 4.78 is 29.6. The van der Waals surface area contributed by atoms with Crippen molar-refractivity contribution in [2.24, 2.45) is 4.99 Å². The molecule has 35 heavy (non-hydrogen) atoms. The van der Waals surface area contributed by atoms with Gasteiger partial charge in [0, 0.05) is 24.7 Å². The van der Waals surface area contributed by atoms with Crippen LogP contribution in [0.25, 0.3) is 16.9 Å². The number of para-hydroxylation sites is 1. The second-order valence-corrected chi connectivity index (χ2v) is 7.58. The molecule has 0 aliphatic carbocycles. The third-order valence-electron chi connectivity index (χ3n) is 4.96. The van der Waals surface area contributed by atoms with Gasteiger partial charge in [0.1, 0.15) is 11.5 Å². The molecule has 11 heteroatoms. The first-order valence-electron chi connectivity index (χ1n) is 10.1. The minimum atomic E-state index is -0.964. The number of anilines is 1. The summed E-state index contributed by atoms with van der Waals surface area (Å²) in [5.74, 6) is -3.18. The number of benzene rings is 2. The highest BCUT2D eigenvalue weighted by atomic mass is 35.5. The van der Waals surface area contributed by atoms with E-state index >= 15 is 0 Å². The molecule has 0 radical (unpaired) electrons. The fraction of sp³-hybridized carbons (Fsp3) is 0.0417. The van der Waals surface area contributed by atoms with Gasteiger partial charge in [0.05, 0.1) is 16.3 Å². The molecule has 2 aromatic heterocycles. The van der Waals surface area contributed by atoms with Crippen molar-refractivity contribution in [3.05, 3.63) is 88.6 Å². The number of nitrogens with one attached hydrogen (secondary N) is 2. The Kier molecular flexibility index (Phi) is 6.65. The average molecular weight is 495 g/mol. The summed E-state index contributed by atoms with van der Waals surface area (Å²) >= 11 is 6.25. The zero-order chi connectivity index (χ0) is 25.1. The van der Waals surface area contributed by atoms with Crippen molar-refractivity contribution in [1.82, 2.24) is 20.1 Å². The predicted octanol–water partition coefficient (Wildman–Crippen LogP) is 4.81. The molecule has 2 heterocycles. The Morgan fingerprint density at radius 2 is 1.77 bits per heavy atom. The monoisotopic (exact) mass is 494 g/mol. The van der Waals surface area contributed by atoms with E-state index in [1.807, 2.05) is 6.07 Å². The van der Waals surface area contributed by atoms with Gasteiger partial charge in [0.25, 0.3) is 11.8 Å². The van der Waals surface area contributed by atoms with Crippen LogP contribution in [0.15, 0.2) is 65.7 Å². The van der Waals surface area contributed by atoms with Crippen molar-refractivity contribution in [2.75, 3.05) is 12.4 Å². The number of carbonyl (C=O) groups excluding carboxylic acids is 2. The molecule has 4 rings (SSSR count). The smallest absolute Gasteiger partial charge is 0.271 e. The molecule has 8 nitrogen and oxygen atoms in total. The van der Waals surface area contributed by atoms with Crippen LogP contribution in [0, 0.1) is 11.6 Å². The van der Waals surface area contributed by atoms with Gasteiger partial charge in [0.15, 0.2) is 23.1 Å². The number of hydrogen-bond donors (Lipinski definition) is 2. The Morgan fingerprint density at radius 1 is 1.03 bits per heavy atom. The molecule has 0 atom stereocenters. The third-order valence-corrected chi connectivity index (χ3v) is 5.29. The number of hydrogen-bond acceptors (Lipinski definition) is 5. The van der Waals surface area contributed by atoms with Crippen molar-refractivity contribution >= 4 is 41.8 Å². The van der Waals surface area contributed by atoms with Crippen molar-refractivity contribution in [3.8, 4) is 16.9 Å². The lowest BCUT2D eigenvalue weighted by molar-refractivity contribution is 0.0956. The lowest BCUT2D eigenvalue weighted by atomic mass is 10.1. The van der Waals surface area contributed by atoms with E-state index in [1.54, 1.807) is 24.3 Å². The Balaban J connectivity index is 1.73. The third kappa shape index (κ3) is 4.78. The van der Waals surface area contributed by atoms with Gasteiger partial charge in [-0.05, 0) is 31.0 Å². The topological polar surface area (TPSA) is 101 Å². The lowest BCUT2D eigenvalue weighted by Gasteiger charge is -2.11. The van der Waals surface area contributed by atoms with Crippen LogP contribution in [-0.2, 0) is 0 Å².